The number of nitrogens with one attached hydrogen (secondary N) is 2. The quantitative estimate of drug-likeness (QED) is 0.577. The average molecular weight is 417 g/mol. The van der Waals surface area contributed by atoms with Crippen molar-refractivity contribution in [1.82, 2.24) is 14.9 Å². The van der Waals surface area contributed by atoms with Crippen LogP contribution in [0, 0.1) is 6.92 Å². The van der Waals surface area contributed by atoms with E-state index in [2.05, 4.69) is 15.6 Å². The Balaban J connectivity index is 1.72. The molecule has 0 radical (unpaired) electrons. The van der Waals surface area contributed by atoms with Crippen molar-refractivity contribution >= 4 is 50.8 Å². The van der Waals surface area contributed by atoms with E-state index in [1.54, 1.807) is 41.4 Å². The Bertz CT molecular complexity index is 1070. The van der Waals surface area contributed by atoms with Gasteiger partial charge < -0.3 is 10.6 Å². The van der Waals surface area contributed by atoms with E-state index in [1.807, 2.05) is 13.2 Å². The van der Waals surface area contributed by atoms with Crippen LogP contribution >= 0.6 is 23.1 Å². The molecule has 0 bridgehead atoms. The highest BCUT2D eigenvalue weighted by atomic mass is 32.2. The first-order valence-electron chi connectivity index (χ1n) is 8.60. The summed E-state index contributed by atoms with van der Waals surface area (Å²) in [4.78, 5) is 41.3. The zero-order valence-electron chi connectivity index (χ0n) is 15.5. The number of thioether (sulfide) groups is 1. The van der Waals surface area contributed by atoms with Gasteiger partial charge in [-0.3, -0.25) is 19.0 Å². The van der Waals surface area contributed by atoms with Gasteiger partial charge in [0.1, 0.15) is 11.2 Å². The topological polar surface area (TPSA) is 93.1 Å². The summed E-state index contributed by atoms with van der Waals surface area (Å²) in [5.74, 6) is 0.287. The summed E-state index contributed by atoms with van der Waals surface area (Å²) in [6, 6.07) is 6.92. The van der Waals surface area contributed by atoms with Gasteiger partial charge in [-0.1, -0.05) is 6.07 Å². The summed E-state index contributed by atoms with van der Waals surface area (Å²) < 4.78 is 1.80. The monoisotopic (exact) mass is 416 g/mol. The van der Waals surface area contributed by atoms with Crippen LogP contribution in [0.15, 0.2) is 40.8 Å². The molecule has 2 aromatic heterocycles. The Hall–Kier alpha value is -2.65. The maximum atomic E-state index is 12.5. The van der Waals surface area contributed by atoms with E-state index in [9.17, 15) is 14.4 Å². The second-order valence-corrected chi connectivity index (χ2v) is 8.04. The van der Waals surface area contributed by atoms with Crippen LogP contribution in [0.2, 0.25) is 0 Å². The molecule has 3 aromatic rings. The van der Waals surface area contributed by atoms with Crippen molar-refractivity contribution in [3.63, 3.8) is 0 Å². The highest BCUT2D eigenvalue weighted by molar-refractivity contribution is 7.98. The van der Waals surface area contributed by atoms with Gasteiger partial charge in [-0.05, 0) is 42.3 Å². The molecular weight excluding hydrogens is 396 g/mol. The number of rotatable bonds is 7. The van der Waals surface area contributed by atoms with Gasteiger partial charge in [-0.2, -0.15) is 11.8 Å². The van der Waals surface area contributed by atoms with E-state index >= 15 is 0 Å². The number of hydrogen-bond donors (Lipinski definition) is 2. The number of aromatic nitrogens is 2. The van der Waals surface area contributed by atoms with Crippen LogP contribution in [-0.4, -0.2) is 39.9 Å². The maximum Gasteiger partial charge on any atom is 0.271 e. The first-order chi connectivity index (χ1) is 13.5. The highest BCUT2D eigenvalue weighted by Gasteiger charge is 2.12. The summed E-state index contributed by atoms with van der Waals surface area (Å²) in [6.07, 6.45) is 3.35. The van der Waals surface area contributed by atoms with E-state index in [1.165, 1.54) is 22.2 Å². The Morgan fingerprint density at radius 3 is 2.89 bits per heavy atom. The fourth-order valence-electron chi connectivity index (χ4n) is 2.60. The fourth-order valence-corrected chi connectivity index (χ4v) is 3.70. The molecule has 0 unspecified atom stereocenters. The minimum Gasteiger partial charge on any atom is -0.351 e. The number of amides is 2. The van der Waals surface area contributed by atoms with Crippen molar-refractivity contribution in [2.45, 2.75) is 13.5 Å². The molecule has 0 spiro atoms. The molecule has 0 aliphatic heterocycles. The zero-order valence-corrected chi connectivity index (χ0v) is 17.2. The number of carbonyl (C=O) groups excluding carboxylic acids is 2. The molecule has 28 heavy (non-hydrogen) atoms. The third-order valence-electron chi connectivity index (χ3n) is 4.12. The minimum absolute atomic E-state index is 0.150. The second-order valence-electron chi connectivity index (χ2n) is 6.14. The molecule has 146 valence electrons. The van der Waals surface area contributed by atoms with Gasteiger partial charge in [0.15, 0.2) is 0 Å². The van der Waals surface area contributed by atoms with Crippen LogP contribution < -0.4 is 16.2 Å². The highest BCUT2D eigenvalue weighted by Crippen LogP contribution is 2.17. The van der Waals surface area contributed by atoms with Gasteiger partial charge in [0.2, 0.25) is 5.91 Å². The van der Waals surface area contributed by atoms with Gasteiger partial charge in [0, 0.05) is 23.5 Å². The summed E-state index contributed by atoms with van der Waals surface area (Å²) in [7, 11) is 0. The minimum atomic E-state index is -0.358. The number of fused-ring (bicyclic) bond motifs is 1. The van der Waals surface area contributed by atoms with E-state index in [-0.39, 0.29) is 23.9 Å². The molecule has 0 saturated carbocycles. The molecule has 0 aliphatic carbocycles. The predicted octanol–water partition coefficient (Wildman–Crippen LogP) is 2.50. The van der Waals surface area contributed by atoms with E-state index in [0.29, 0.717) is 28.0 Å². The lowest BCUT2D eigenvalue weighted by atomic mass is 10.1. The van der Waals surface area contributed by atoms with Crippen LogP contribution in [0.5, 0.6) is 0 Å². The molecule has 0 saturated heterocycles. The fraction of sp³-hybridized carbons (Fsp3) is 0.263. The molecule has 2 amide bonds. The molecular formula is C19H20N4O3S2. The van der Waals surface area contributed by atoms with Gasteiger partial charge in [-0.25, -0.2) is 4.98 Å². The molecule has 0 fully saturated rings. The van der Waals surface area contributed by atoms with Gasteiger partial charge in [0.25, 0.3) is 11.5 Å². The van der Waals surface area contributed by atoms with Crippen molar-refractivity contribution in [3.8, 4) is 0 Å². The third kappa shape index (κ3) is 4.60. The number of aryl methyl sites for hydroxylation is 1. The average Bonchev–Trinajstić information content (AvgIpc) is 3.15. The van der Waals surface area contributed by atoms with Crippen LogP contribution in [0.25, 0.3) is 10.2 Å². The van der Waals surface area contributed by atoms with Crippen molar-refractivity contribution in [3.05, 3.63) is 57.5 Å². The number of anilines is 1. The molecule has 3 rings (SSSR count). The molecule has 7 nitrogen and oxygen atoms in total. The van der Waals surface area contributed by atoms with Crippen molar-refractivity contribution in [2.75, 3.05) is 23.9 Å². The summed E-state index contributed by atoms with van der Waals surface area (Å²) in [5.41, 5.74) is 2.23. The first-order valence-corrected chi connectivity index (χ1v) is 10.9. The Labute approximate surface area is 170 Å². The predicted molar refractivity (Wildman–Crippen MR) is 114 cm³/mol. The number of benzene rings is 1. The maximum absolute atomic E-state index is 12.5. The third-order valence-corrected chi connectivity index (χ3v) is 5.62. The van der Waals surface area contributed by atoms with E-state index in [4.69, 9.17) is 0 Å². The largest absolute Gasteiger partial charge is 0.351 e. The smallest absolute Gasteiger partial charge is 0.271 e. The van der Waals surface area contributed by atoms with Crippen molar-refractivity contribution in [2.24, 2.45) is 0 Å². The first kappa shape index (κ1) is 20.1. The SMILES string of the molecule is CSCCNC(=O)c1ccc(C)c(NC(=O)Cn2cnc3ccsc3c2=O)c1. The van der Waals surface area contributed by atoms with Crippen LogP contribution in [0.3, 0.4) is 0 Å². The van der Waals surface area contributed by atoms with Gasteiger partial charge in [0.05, 0.1) is 11.8 Å². The number of nitrogens with zero attached hydrogens (tertiary/aromatic N) is 2. The molecule has 1 aromatic carbocycles. The molecule has 2 N–H and O–H groups in total. The zero-order chi connectivity index (χ0) is 20.1. The second kappa shape index (κ2) is 9.03. The van der Waals surface area contributed by atoms with Crippen LogP contribution in [-0.2, 0) is 11.3 Å². The lowest BCUT2D eigenvalue weighted by Crippen LogP contribution is -2.28. The Morgan fingerprint density at radius 1 is 1.29 bits per heavy atom. The van der Waals surface area contributed by atoms with E-state index < -0.39 is 0 Å². The van der Waals surface area contributed by atoms with Crippen molar-refractivity contribution in [1.29, 1.82) is 0 Å². The van der Waals surface area contributed by atoms with Gasteiger partial charge in [-0.15, -0.1) is 11.3 Å². The number of hydrogen-bond acceptors (Lipinski definition) is 6. The van der Waals surface area contributed by atoms with Crippen LogP contribution in [0.1, 0.15) is 15.9 Å². The van der Waals surface area contributed by atoms with E-state index in [0.717, 1.165) is 11.3 Å². The number of thiophene rings is 1. The van der Waals surface area contributed by atoms with Crippen molar-refractivity contribution < 1.29 is 9.59 Å². The Morgan fingerprint density at radius 2 is 2.11 bits per heavy atom. The molecule has 0 aliphatic rings. The Kier molecular flexibility index (Phi) is 6.48. The molecule has 9 heteroatoms. The summed E-state index contributed by atoms with van der Waals surface area (Å²) >= 11 is 2.95. The normalized spacial score (nSPS) is 10.8. The summed E-state index contributed by atoms with van der Waals surface area (Å²) in [5, 5.41) is 7.41. The summed E-state index contributed by atoms with van der Waals surface area (Å²) in [6.45, 7) is 2.27. The van der Waals surface area contributed by atoms with Gasteiger partial charge >= 0.3 is 0 Å². The standard InChI is InChI=1S/C19H20N4O3S2/c1-12-3-4-13(18(25)20-6-8-27-2)9-15(12)22-16(24)10-23-11-21-14-5-7-28-17(14)19(23)26/h3-5,7,9,11H,6,8,10H2,1-2H3,(H,20,25)(H,22,24). The number of carbonyl (C=O) groups is 2. The lowest BCUT2D eigenvalue weighted by molar-refractivity contribution is -0.116. The lowest BCUT2D eigenvalue weighted by Gasteiger charge is -2.12. The molecule has 2 heterocycles. The van der Waals surface area contributed by atoms with Crippen LogP contribution in [0.4, 0.5) is 5.69 Å². The molecule has 0 atom stereocenters.